The predicted octanol–water partition coefficient (Wildman–Crippen LogP) is 15.8. The molecule has 10 aromatic rings. The molecule has 0 aliphatic carbocycles. The van der Waals surface area contributed by atoms with Gasteiger partial charge in [0, 0.05) is 17.1 Å². The average Bonchev–Trinajstić information content (AvgIpc) is 3.30. The molecule has 0 saturated heterocycles. The topological polar surface area (TPSA) is 3.24 Å². The van der Waals surface area contributed by atoms with Gasteiger partial charge < -0.3 is 4.90 Å². The highest BCUT2D eigenvalue weighted by molar-refractivity contribution is 5.98. The first-order valence-corrected chi connectivity index (χ1v) is 19.6. The Morgan fingerprint density at radius 3 is 1.19 bits per heavy atom. The lowest BCUT2D eigenvalue weighted by Crippen LogP contribution is -2.09. The SMILES string of the molecule is c1ccc(-c2ccccc2-c2ccccc2-c2ccccc2-c2ccc(N(c3ccc(-c4cccc5ccccc45)cc3)c3ccc4ccccc4c3)cc2)cc1. The monoisotopic (exact) mass is 725 g/mol. The van der Waals surface area contributed by atoms with Gasteiger partial charge in [0.05, 0.1) is 0 Å². The van der Waals surface area contributed by atoms with Crippen molar-refractivity contribution in [1.29, 1.82) is 0 Å². The minimum atomic E-state index is 1.10. The van der Waals surface area contributed by atoms with Crippen LogP contribution in [0.3, 0.4) is 0 Å². The fraction of sp³-hybridized carbons (Fsp3) is 0. The molecule has 0 spiro atoms. The van der Waals surface area contributed by atoms with Crippen molar-refractivity contribution < 1.29 is 0 Å². The van der Waals surface area contributed by atoms with Crippen LogP contribution in [-0.2, 0) is 0 Å². The van der Waals surface area contributed by atoms with Gasteiger partial charge in [-0.05, 0) is 114 Å². The van der Waals surface area contributed by atoms with Crippen LogP contribution >= 0.6 is 0 Å². The second kappa shape index (κ2) is 15.0. The molecular weight excluding hydrogens is 687 g/mol. The Kier molecular flexibility index (Phi) is 8.95. The molecular formula is C56H39N. The van der Waals surface area contributed by atoms with Crippen LogP contribution in [-0.4, -0.2) is 0 Å². The van der Waals surface area contributed by atoms with Crippen LogP contribution in [0.2, 0.25) is 0 Å². The van der Waals surface area contributed by atoms with E-state index in [0.29, 0.717) is 0 Å². The van der Waals surface area contributed by atoms with E-state index in [-0.39, 0.29) is 0 Å². The Hall–Kier alpha value is -7.48. The van der Waals surface area contributed by atoms with Crippen molar-refractivity contribution in [3.8, 4) is 55.6 Å². The molecule has 10 rings (SSSR count). The van der Waals surface area contributed by atoms with Crippen LogP contribution < -0.4 is 4.90 Å². The Labute approximate surface area is 334 Å². The number of nitrogens with zero attached hydrogens (tertiary/aromatic N) is 1. The van der Waals surface area contributed by atoms with Crippen molar-refractivity contribution in [2.24, 2.45) is 0 Å². The van der Waals surface area contributed by atoms with E-state index in [1.54, 1.807) is 0 Å². The maximum Gasteiger partial charge on any atom is 0.0468 e. The molecule has 0 aromatic heterocycles. The van der Waals surface area contributed by atoms with Gasteiger partial charge in [0.25, 0.3) is 0 Å². The average molecular weight is 726 g/mol. The zero-order valence-corrected chi connectivity index (χ0v) is 31.5. The van der Waals surface area contributed by atoms with Gasteiger partial charge in [-0.15, -0.1) is 0 Å². The van der Waals surface area contributed by atoms with Crippen molar-refractivity contribution in [3.05, 3.63) is 237 Å². The zero-order chi connectivity index (χ0) is 38.0. The second-order valence-corrected chi connectivity index (χ2v) is 14.5. The quantitative estimate of drug-likeness (QED) is 0.151. The number of hydrogen-bond donors (Lipinski definition) is 0. The lowest BCUT2D eigenvalue weighted by atomic mass is 9.87. The van der Waals surface area contributed by atoms with Gasteiger partial charge in [-0.1, -0.05) is 200 Å². The van der Waals surface area contributed by atoms with E-state index < -0.39 is 0 Å². The minimum Gasteiger partial charge on any atom is -0.310 e. The largest absolute Gasteiger partial charge is 0.310 e. The van der Waals surface area contributed by atoms with Crippen LogP contribution in [0.4, 0.5) is 17.1 Å². The summed E-state index contributed by atoms with van der Waals surface area (Å²) in [6, 6.07) is 85.6. The van der Waals surface area contributed by atoms with Crippen LogP contribution in [0.25, 0.3) is 77.2 Å². The molecule has 0 radical (unpaired) electrons. The third-order valence-electron chi connectivity index (χ3n) is 11.1. The second-order valence-electron chi connectivity index (χ2n) is 14.5. The highest BCUT2D eigenvalue weighted by Gasteiger charge is 2.17. The molecule has 1 heteroatoms. The molecule has 0 amide bonds. The predicted molar refractivity (Wildman–Crippen MR) is 243 cm³/mol. The first-order chi connectivity index (χ1) is 28.3. The summed E-state index contributed by atoms with van der Waals surface area (Å²) in [5.41, 5.74) is 15.4. The number of rotatable bonds is 8. The molecule has 0 aliphatic heterocycles. The number of benzene rings is 10. The highest BCUT2D eigenvalue weighted by atomic mass is 15.1. The molecule has 0 atom stereocenters. The fourth-order valence-electron chi connectivity index (χ4n) is 8.33. The third kappa shape index (κ3) is 6.56. The molecule has 0 unspecified atom stereocenters. The summed E-state index contributed by atoms with van der Waals surface area (Å²) in [5.74, 6) is 0. The summed E-state index contributed by atoms with van der Waals surface area (Å²) < 4.78 is 0. The van der Waals surface area contributed by atoms with E-state index in [9.17, 15) is 0 Å². The van der Waals surface area contributed by atoms with Crippen molar-refractivity contribution in [3.63, 3.8) is 0 Å². The summed E-state index contributed by atoms with van der Waals surface area (Å²) in [6.07, 6.45) is 0. The highest BCUT2D eigenvalue weighted by Crippen LogP contribution is 2.43. The minimum absolute atomic E-state index is 1.10. The van der Waals surface area contributed by atoms with E-state index in [2.05, 4.69) is 241 Å². The van der Waals surface area contributed by atoms with E-state index in [4.69, 9.17) is 0 Å². The third-order valence-corrected chi connectivity index (χ3v) is 11.1. The molecule has 0 heterocycles. The maximum atomic E-state index is 2.37. The normalized spacial score (nSPS) is 11.2. The van der Waals surface area contributed by atoms with Crippen LogP contribution in [0.15, 0.2) is 237 Å². The molecule has 0 fully saturated rings. The van der Waals surface area contributed by atoms with Gasteiger partial charge in [0.2, 0.25) is 0 Å². The van der Waals surface area contributed by atoms with E-state index in [0.717, 1.165) is 17.1 Å². The first-order valence-electron chi connectivity index (χ1n) is 19.6. The molecule has 0 N–H and O–H groups in total. The lowest BCUT2D eigenvalue weighted by Gasteiger charge is -2.26. The summed E-state index contributed by atoms with van der Waals surface area (Å²) >= 11 is 0. The Bertz CT molecular complexity index is 2990. The molecule has 268 valence electrons. The Balaban J connectivity index is 1.05. The van der Waals surface area contributed by atoms with E-state index in [1.165, 1.54) is 77.2 Å². The molecule has 1 nitrogen and oxygen atoms in total. The standard InChI is InChI=1S/C56H39N/c1-2-16-41(17-3-1)51-22-8-10-24-53(51)55-26-12-13-27-56(55)54-25-11-9-23-52(54)44-32-36-47(37-33-44)57(48-38-29-40-15-4-5-19-45(40)39-48)46-34-30-43(31-35-46)50-28-14-20-42-18-6-7-21-49(42)50/h1-39H. The van der Waals surface area contributed by atoms with Gasteiger partial charge >= 0.3 is 0 Å². The van der Waals surface area contributed by atoms with Crippen LogP contribution in [0.1, 0.15) is 0 Å². The summed E-state index contributed by atoms with van der Waals surface area (Å²) in [5, 5.41) is 4.95. The van der Waals surface area contributed by atoms with Crippen LogP contribution in [0, 0.1) is 0 Å². The van der Waals surface area contributed by atoms with Gasteiger partial charge in [0.15, 0.2) is 0 Å². The summed E-state index contributed by atoms with van der Waals surface area (Å²) in [6.45, 7) is 0. The molecule has 10 aromatic carbocycles. The van der Waals surface area contributed by atoms with Crippen molar-refractivity contribution in [1.82, 2.24) is 0 Å². The fourth-order valence-corrected chi connectivity index (χ4v) is 8.33. The summed E-state index contributed by atoms with van der Waals surface area (Å²) in [7, 11) is 0. The maximum absolute atomic E-state index is 2.37. The Morgan fingerprint density at radius 1 is 0.211 bits per heavy atom. The smallest absolute Gasteiger partial charge is 0.0468 e. The number of hydrogen-bond acceptors (Lipinski definition) is 1. The van der Waals surface area contributed by atoms with Crippen molar-refractivity contribution in [2.75, 3.05) is 4.90 Å². The van der Waals surface area contributed by atoms with E-state index in [1.807, 2.05) is 0 Å². The molecule has 0 aliphatic rings. The number of fused-ring (bicyclic) bond motifs is 2. The van der Waals surface area contributed by atoms with Gasteiger partial charge in [-0.25, -0.2) is 0 Å². The number of anilines is 3. The Morgan fingerprint density at radius 2 is 0.596 bits per heavy atom. The van der Waals surface area contributed by atoms with Gasteiger partial charge in [-0.2, -0.15) is 0 Å². The van der Waals surface area contributed by atoms with Gasteiger partial charge in [-0.3, -0.25) is 0 Å². The zero-order valence-electron chi connectivity index (χ0n) is 31.5. The lowest BCUT2D eigenvalue weighted by molar-refractivity contribution is 1.29. The van der Waals surface area contributed by atoms with Crippen molar-refractivity contribution in [2.45, 2.75) is 0 Å². The summed E-state index contributed by atoms with van der Waals surface area (Å²) in [4.78, 5) is 2.37. The van der Waals surface area contributed by atoms with Crippen molar-refractivity contribution >= 4 is 38.6 Å². The molecule has 57 heavy (non-hydrogen) atoms. The molecule has 0 bridgehead atoms. The van der Waals surface area contributed by atoms with Gasteiger partial charge in [0.1, 0.15) is 0 Å². The molecule has 0 saturated carbocycles. The first kappa shape index (κ1) is 34.0. The van der Waals surface area contributed by atoms with Crippen LogP contribution in [0.5, 0.6) is 0 Å². The van der Waals surface area contributed by atoms with E-state index >= 15 is 0 Å².